The van der Waals surface area contributed by atoms with E-state index in [9.17, 15) is 4.79 Å². The standard InChI is InChI=1S/C19H29N3O2S/c1-14(2)22-11-8-19(9-12-22)7-6-15(24-19)13-21-17(23)16-5-4-10-20-18(16)25-3/h4-5,10,14-15H,6-9,11-13H2,1-3H3,(H,21,23). The average Bonchev–Trinajstić information content (AvgIpc) is 3.02. The molecule has 3 rings (SSSR count). The van der Waals surface area contributed by atoms with Crippen LogP contribution < -0.4 is 5.32 Å². The molecular weight excluding hydrogens is 334 g/mol. The lowest BCUT2D eigenvalue weighted by Crippen LogP contribution is -2.47. The van der Waals surface area contributed by atoms with Crippen LogP contribution in [0, 0.1) is 0 Å². The number of likely N-dealkylation sites (tertiary alicyclic amines) is 1. The molecule has 5 nitrogen and oxygen atoms in total. The molecule has 0 saturated carbocycles. The highest BCUT2D eigenvalue weighted by Gasteiger charge is 2.42. The number of carbonyl (C=O) groups excluding carboxylic acids is 1. The van der Waals surface area contributed by atoms with Crippen LogP contribution in [0.2, 0.25) is 0 Å². The molecule has 1 unspecified atom stereocenters. The second-order valence-electron chi connectivity index (χ2n) is 7.36. The zero-order valence-corrected chi connectivity index (χ0v) is 16.3. The van der Waals surface area contributed by atoms with E-state index < -0.39 is 0 Å². The van der Waals surface area contributed by atoms with Crippen molar-refractivity contribution in [2.24, 2.45) is 0 Å². The maximum absolute atomic E-state index is 12.4. The summed E-state index contributed by atoms with van der Waals surface area (Å²) >= 11 is 1.49. The van der Waals surface area contributed by atoms with Gasteiger partial charge in [0.25, 0.3) is 5.91 Å². The Balaban J connectivity index is 1.50. The molecule has 25 heavy (non-hydrogen) atoms. The zero-order chi connectivity index (χ0) is 17.9. The Morgan fingerprint density at radius 2 is 2.20 bits per heavy atom. The van der Waals surface area contributed by atoms with Crippen molar-refractivity contribution in [1.82, 2.24) is 15.2 Å². The van der Waals surface area contributed by atoms with Gasteiger partial charge in [0.1, 0.15) is 5.03 Å². The SMILES string of the molecule is CSc1ncccc1C(=O)NCC1CCC2(CCN(C(C)C)CC2)O1. The van der Waals surface area contributed by atoms with Crippen molar-refractivity contribution in [1.29, 1.82) is 0 Å². The molecule has 2 aliphatic heterocycles. The number of pyridine rings is 1. The summed E-state index contributed by atoms with van der Waals surface area (Å²) in [5.41, 5.74) is 0.687. The normalized spacial score (nSPS) is 23.3. The summed E-state index contributed by atoms with van der Waals surface area (Å²) in [6.07, 6.45) is 8.14. The van der Waals surface area contributed by atoms with Crippen molar-refractivity contribution in [2.45, 2.75) is 62.3 Å². The Kier molecular flexibility index (Phi) is 6.02. The highest BCUT2D eigenvalue weighted by atomic mass is 32.2. The first kappa shape index (κ1) is 18.7. The van der Waals surface area contributed by atoms with E-state index in [2.05, 4.69) is 29.0 Å². The second-order valence-corrected chi connectivity index (χ2v) is 8.16. The number of aromatic nitrogens is 1. The predicted molar refractivity (Wildman–Crippen MR) is 101 cm³/mol. The molecule has 6 heteroatoms. The molecule has 1 aromatic rings. The Morgan fingerprint density at radius 1 is 1.44 bits per heavy atom. The number of nitrogens with one attached hydrogen (secondary N) is 1. The summed E-state index contributed by atoms with van der Waals surface area (Å²) in [5.74, 6) is -0.0587. The maximum Gasteiger partial charge on any atom is 0.254 e. The first-order chi connectivity index (χ1) is 12.0. The third kappa shape index (κ3) is 4.36. The Hall–Kier alpha value is -1.11. The number of ether oxygens (including phenoxy) is 1. The van der Waals surface area contributed by atoms with Crippen LogP contribution in [0.15, 0.2) is 23.4 Å². The molecule has 0 radical (unpaired) electrons. The molecule has 138 valence electrons. The van der Waals surface area contributed by atoms with Gasteiger partial charge in [-0.2, -0.15) is 0 Å². The summed E-state index contributed by atoms with van der Waals surface area (Å²) in [6, 6.07) is 4.24. The smallest absolute Gasteiger partial charge is 0.254 e. The van der Waals surface area contributed by atoms with Crippen molar-refractivity contribution in [2.75, 3.05) is 25.9 Å². The summed E-state index contributed by atoms with van der Waals surface area (Å²) in [6.45, 7) is 7.32. The number of rotatable bonds is 5. The highest BCUT2D eigenvalue weighted by molar-refractivity contribution is 7.98. The fraction of sp³-hybridized carbons (Fsp3) is 0.684. The monoisotopic (exact) mass is 363 g/mol. The fourth-order valence-corrected chi connectivity index (χ4v) is 4.43. The topological polar surface area (TPSA) is 54.5 Å². The number of amides is 1. The van der Waals surface area contributed by atoms with E-state index in [4.69, 9.17) is 4.74 Å². The molecule has 1 atom stereocenters. The number of piperidine rings is 1. The van der Waals surface area contributed by atoms with Crippen molar-refractivity contribution in [3.8, 4) is 0 Å². The Bertz CT molecular complexity index is 600. The third-order valence-electron chi connectivity index (χ3n) is 5.48. The molecule has 0 aromatic carbocycles. The number of thioether (sulfide) groups is 1. The van der Waals surface area contributed by atoms with E-state index in [-0.39, 0.29) is 17.6 Å². The van der Waals surface area contributed by atoms with Crippen molar-refractivity contribution < 1.29 is 9.53 Å². The van der Waals surface area contributed by atoms with E-state index in [1.807, 2.05) is 12.3 Å². The van der Waals surface area contributed by atoms with Gasteiger partial charge in [-0.05, 0) is 57.9 Å². The molecule has 0 bridgehead atoms. The number of hydrogen-bond donors (Lipinski definition) is 1. The number of nitrogens with zero attached hydrogens (tertiary/aromatic N) is 2. The minimum atomic E-state index is -0.0587. The summed E-state index contributed by atoms with van der Waals surface area (Å²) in [5, 5.41) is 3.81. The summed E-state index contributed by atoms with van der Waals surface area (Å²) < 4.78 is 6.40. The van der Waals surface area contributed by atoms with Gasteiger partial charge in [-0.15, -0.1) is 11.8 Å². The van der Waals surface area contributed by atoms with Gasteiger partial charge in [-0.25, -0.2) is 4.98 Å². The molecule has 3 heterocycles. The predicted octanol–water partition coefficient (Wildman–Crippen LogP) is 2.96. The van der Waals surface area contributed by atoms with Crippen LogP contribution in [0.5, 0.6) is 0 Å². The van der Waals surface area contributed by atoms with Crippen molar-refractivity contribution in [3.63, 3.8) is 0 Å². The van der Waals surface area contributed by atoms with E-state index >= 15 is 0 Å². The largest absolute Gasteiger partial charge is 0.370 e. The van der Waals surface area contributed by atoms with E-state index in [1.165, 1.54) is 11.8 Å². The first-order valence-electron chi connectivity index (χ1n) is 9.22. The number of carbonyl (C=O) groups is 1. The Morgan fingerprint density at radius 3 is 2.88 bits per heavy atom. The molecule has 2 fully saturated rings. The van der Waals surface area contributed by atoms with E-state index in [1.54, 1.807) is 12.3 Å². The van der Waals surface area contributed by atoms with Crippen LogP contribution in [0.3, 0.4) is 0 Å². The first-order valence-corrected chi connectivity index (χ1v) is 10.4. The van der Waals surface area contributed by atoms with Crippen LogP contribution >= 0.6 is 11.8 Å². The zero-order valence-electron chi connectivity index (χ0n) is 15.5. The molecular formula is C19H29N3O2S. The van der Waals surface area contributed by atoms with Crippen LogP contribution in [0.25, 0.3) is 0 Å². The highest BCUT2D eigenvalue weighted by Crippen LogP contribution is 2.39. The van der Waals surface area contributed by atoms with Crippen LogP contribution in [0.1, 0.15) is 49.9 Å². The molecule has 2 saturated heterocycles. The molecule has 2 aliphatic rings. The molecule has 1 spiro atoms. The van der Waals surface area contributed by atoms with Gasteiger partial charge in [0.05, 0.1) is 17.3 Å². The van der Waals surface area contributed by atoms with Gasteiger partial charge >= 0.3 is 0 Å². The van der Waals surface area contributed by atoms with Crippen LogP contribution in [-0.2, 0) is 4.74 Å². The van der Waals surface area contributed by atoms with Crippen molar-refractivity contribution >= 4 is 17.7 Å². The van der Waals surface area contributed by atoms with E-state index in [0.29, 0.717) is 18.2 Å². The van der Waals surface area contributed by atoms with Gasteiger partial charge in [0.2, 0.25) is 0 Å². The molecule has 1 amide bonds. The van der Waals surface area contributed by atoms with E-state index in [0.717, 1.165) is 43.8 Å². The fourth-order valence-electron chi connectivity index (χ4n) is 3.88. The second kappa shape index (κ2) is 8.06. The quantitative estimate of drug-likeness (QED) is 0.815. The van der Waals surface area contributed by atoms with Gasteiger partial charge in [0, 0.05) is 31.9 Å². The summed E-state index contributed by atoms with van der Waals surface area (Å²) in [4.78, 5) is 19.2. The number of hydrogen-bond acceptors (Lipinski definition) is 5. The molecule has 0 aliphatic carbocycles. The average molecular weight is 364 g/mol. The van der Waals surface area contributed by atoms with Crippen molar-refractivity contribution in [3.05, 3.63) is 23.9 Å². The lowest BCUT2D eigenvalue weighted by Gasteiger charge is -2.40. The van der Waals surface area contributed by atoms with Gasteiger partial charge in [0.15, 0.2) is 0 Å². The minimum Gasteiger partial charge on any atom is -0.370 e. The van der Waals surface area contributed by atoms with Gasteiger partial charge in [-0.1, -0.05) is 0 Å². The molecule has 1 aromatic heterocycles. The third-order valence-corrected chi connectivity index (χ3v) is 6.19. The summed E-state index contributed by atoms with van der Waals surface area (Å²) in [7, 11) is 0. The van der Waals surface area contributed by atoms with Crippen LogP contribution in [0.4, 0.5) is 0 Å². The van der Waals surface area contributed by atoms with Gasteiger partial charge in [-0.3, -0.25) is 4.79 Å². The van der Waals surface area contributed by atoms with Crippen LogP contribution in [-0.4, -0.2) is 59.4 Å². The Labute approximate surface area is 154 Å². The van der Waals surface area contributed by atoms with Gasteiger partial charge < -0.3 is 15.0 Å². The maximum atomic E-state index is 12.4. The molecule has 1 N–H and O–H groups in total. The minimum absolute atomic E-state index is 0.0412. The lowest BCUT2D eigenvalue weighted by atomic mass is 9.88. The lowest BCUT2D eigenvalue weighted by molar-refractivity contribution is -0.0788.